The number of hydrogen-bond donors (Lipinski definition) is 0. The summed E-state index contributed by atoms with van der Waals surface area (Å²) in [6.45, 7) is 20.0. The molecular formula is C54H62N8. The van der Waals surface area contributed by atoms with Gasteiger partial charge in [-0.15, -0.1) is 0 Å². The van der Waals surface area contributed by atoms with E-state index in [4.69, 9.17) is 21.0 Å². The molecule has 8 nitrogen and oxygen atoms in total. The van der Waals surface area contributed by atoms with Gasteiger partial charge in [0.2, 0.25) is 0 Å². The standard InChI is InChI=1S/C25H18N4.C19H14N4.5C2H6/c1-29(2)24-13-11-22(12-14-24)25(17-28)21-9-7-19(8-10-21)18-3-5-20(6-4-18)23(15-26)16-27;1-23(2)18-9-7-16(8-10-18)19(13-22)15-5-3-14(4-6-15)17(11-20)12-21;5*1-2/h3-14H,1-2H3;3-10H,1-2H3;5*1-2H3. The van der Waals surface area contributed by atoms with E-state index in [-0.39, 0.29) is 11.1 Å². The summed E-state index contributed by atoms with van der Waals surface area (Å²) in [5.74, 6) is 0. The van der Waals surface area contributed by atoms with Gasteiger partial charge in [-0.1, -0.05) is 166 Å². The fraction of sp³-hybridized carbons (Fsp3) is 0.259. The zero-order chi connectivity index (χ0) is 47.6. The van der Waals surface area contributed by atoms with Crippen LogP contribution in [0.2, 0.25) is 0 Å². The SMILES string of the molecule is CC.CC.CC.CC.CC.CN(C)c1ccc(C(C#N)=c2ccc(=C(C#N)C#N)cc2)cc1.CN(C)c1ccc(C(C#N)=c2ccc(=c3ccc(=C(C#N)C#N)cc3)cc2)cc1. The Morgan fingerprint density at radius 3 is 0.758 bits per heavy atom. The van der Waals surface area contributed by atoms with Gasteiger partial charge in [0.1, 0.15) is 47.6 Å². The Hall–Kier alpha value is -7.88. The van der Waals surface area contributed by atoms with Gasteiger partial charge in [0, 0.05) is 50.0 Å². The third-order valence-corrected chi connectivity index (χ3v) is 8.16. The number of nitrogens with zero attached hydrogens (tertiary/aromatic N) is 8. The van der Waals surface area contributed by atoms with Crippen LogP contribution in [-0.4, -0.2) is 28.2 Å². The van der Waals surface area contributed by atoms with Crippen LogP contribution in [-0.2, 0) is 0 Å². The number of benzene rings is 5. The molecule has 0 heterocycles. The van der Waals surface area contributed by atoms with E-state index in [1.54, 1.807) is 36.4 Å². The van der Waals surface area contributed by atoms with Crippen LogP contribution in [0.1, 0.15) is 80.4 Å². The monoisotopic (exact) mass is 823 g/mol. The molecule has 0 aliphatic carbocycles. The average Bonchev–Trinajstić information content (AvgIpc) is 3.35. The molecule has 0 aliphatic heterocycles. The molecule has 0 bridgehead atoms. The van der Waals surface area contributed by atoms with Gasteiger partial charge in [-0.3, -0.25) is 0 Å². The summed E-state index contributed by atoms with van der Waals surface area (Å²) in [6.07, 6.45) is 0. The summed E-state index contributed by atoms with van der Waals surface area (Å²) < 4.78 is 0. The lowest BCUT2D eigenvalue weighted by Gasteiger charge is -2.12. The molecule has 0 atom stereocenters. The van der Waals surface area contributed by atoms with E-state index in [0.717, 1.165) is 43.4 Å². The zero-order valence-corrected chi connectivity index (χ0v) is 39.1. The summed E-state index contributed by atoms with van der Waals surface area (Å²) in [4.78, 5) is 4.01. The van der Waals surface area contributed by atoms with E-state index in [9.17, 15) is 10.5 Å². The van der Waals surface area contributed by atoms with Crippen molar-refractivity contribution in [2.24, 2.45) is 0 Å². The van der Waals surface area contributed by atoms with Gasteiger partial charge in [-0.2, -0.15) is 31.6 Å². The maximum absolute atomic E-state index is 9.67. The lowest BCUT2D eigenvalue weighted by molar-refractivity contribution is 1.13. The summed E-state index contributed by atoms with van der Waals surface area (Å²) in [7, 11) is 7.88. The highest BCUT2D eigenvalue weighted by Gasteiger charge is 2.05. The van der Waals surface area contributed by atoms with Crippen LogP contribution < -0.4 is 30.7 Å². The van der Waals surface area contributed by atoms with Gasteiger partial charge in [-0.05, 0) is 56.3 Å². The summed E-state index contributed by atoms with van der Waals surface area (Å²) in [6, 6.07) is 49.7. The molecule has 0 unspecified atom stereocenters. The van der Waals surface area contributed by atoms with Crippen LogP contribution in [0.25, 0.3) is 22.3 Å². The van der Waals surface area contributed by atoms with Crippen molar-refractivity contribution in [3.8, 4) is 36.4 Å². The van der Waals surface area contributed by atoms with Gasteiger partial charge in [0.25, 0.3) is 0 Å². The molecule has 0 radical (unpaired) electrons. The number of nitriles is 6. The molecule has 5 aromatic carbocycles. The molecule has 8 heteroatoms. The third-order valence-electron chi connectivity index (χ3n) is 8.16. The van der Waals surface area contributed by atoms with Crippen LogP contribution in [0.15, 0.2) is 121 Å². The van der Waals surface area contributed by atoms with Gasteiger partial charge in [0.15, 0.2) is 0 Å². The second-order valence-corrected chi connectivity index (χ2v) is 11.8. The average molecular weight is 823 g/mol. The molecule has 0 amide bonds. The van der Waals surface area contributed by atoms with Gasteiger partial charge >= 0.3 is 0 Å². The number of anilines is 2. The third kappa shape index (κ3) is 16.8. The molecule has 318 valence electrons. The largest absolute Gasteiger partial charge is 0.378 e. The van der Waals surface area contributed by atoms with Gasteiger partial charge < -0.3 is 9.80 Å². The van der Waals surface area contributed by atoms with Crippen LogP contribution in [0.4, 0.5) is 11.4 Å². The highest BCUT2D eigenvalue weighted by Crippen LogP contribution is 2.18. The first kappa shape index (κ1) is 56.2. The Bertz CT molecular complexity index is 2640. The highest BCUT2D eigenvalue weighted by molar-refractivity contribution is 5.78. The van der Waals surface area contributed by atoms with Crippen molar-refractivity contribution in [1.82, 2.24) is 0 Å². The fourth-order valence-electron chi connectivity index (χ4n) is 5.21. The molecule has 5 aromatic rings. The molecule has 0 aliphatic rings. The van der Waals surface area contributed by atoms with Crippen LogP contribution in [0.5, 0.6) is 0 Å². The van der Waals surface area contributed by atoms with Crippen molar-refractivity contribution in [3.63, 3.8) is 0 Å². The number of rotatable bonds is 4. The van der Waals surface area contributed by atoms with E-state index in [2.05, 4.69) is 12.1 Å². The van der Waals surface area contributed by atoms with E-state index < -0.39 is 0 Å². The van der Waals surface area contributed by atoms with Crippen LogP contribution in [0, 0.1) is 78.4 Å². The zero-order valence-electron chi connectivity index (χ0n) is 39.1. The van der Waals surface area contributed by atoms with Crippen LogP contribution >= 0.6 is 0 Å². The first-order chi connectivity index (χ1) is 30.2. The van der Waals surface area contributed by atoms with Gasteiger partial charge in [-0.25, -0.2) is 0 Å². The highest BCUT2D eigenvalue weighted by atomic mass is 15.1. The first-order valence-corrected chi connectivity index (χ1v) is 20.9. The molecule has 0 aromatic heterocycles. The molecule has 0 saturated heterocycles. The maximum atomic E-state index is 9.67. The Labute approximate surface area is 371 Å². The molecule has 0 N–H and O–H groups in total. The second kappa shape index (κ2) is 33.0. The van der Waals surface area contributed by atoms with Gasteiger partial charge in [0.05, 0.1) is 11.1 Å². The first-order valence-electron chi connectivity index (χ1n) is 20.9. The molecule has 62 heavy (non-hydrogen) atoms. The Morgan fingerprint density at radius 1 is 0.306 bits per heavy atom. The Morgan fingerprint density at radius 2 is 0.532 bits per heavy atom. The normalized spacial score (nSPS) is 8.39. The van der Waals surface area contributed by atoms with Crippen molar-refractivity contribution in [1.29, 1.82) is 31.6 Å². The van der Waals surface area contributed by atoms with Crippen molar-refractivity contribution in [2.45, 2.75) is 69.2 Å². The number of hydrogen-bond acceptors (Lipinski definition) is 8. The minimum atomic E-state index is 0.0605. The summed E-state index contributed by atoms with van der Waals surface area (Å²) in [5, 5.41) is 59.6. The van der Waals surface area contributed by atoms with Crippen molar-refractivity contribution in [2.75, 3.05) is 38.0 Å². The smallest absolute Gasteiger partial charge is 0.136 e. The predicted octanol–water partition coefficient (Wildman–Crippen LogP) is 9.76. The Balaban J connectivity index is 0. The summed E-state index contributed by atoms with van der Waals surface area (Å²) >= 11 is 0. The minimum Gasteiger partial charge on any atom is -0.378 e. The van der Waals surface area contributed by atoms with Crippen LogP contribution in [0.3, 0.4) is 0 Å². The van der Waals surface area contributed by atoms with E-state index >= 15 is 0 Å². The van der Waals surface area contributed by atoms with E-state index in [1.165, 1.54) is 0 Å². The summed E-state index contributed by atoms with van der Waals surface area (Å²) in [5.41, 5.74) is 5.19. The van der Waals surface area contributed by atoms with Crippen molar-refractivity contribution in [3.05, 3.63) is 164 Å². The lowest BCUT2D eigenvalue weighted by Crippen LogP contribution is -2.12. The lowest BCUT2D eigenvalue weighted by atomic mass is 10.0. The molecular weight excluding hydrogens is 761 g/mol. The molecule has 0 fully saturated rings. The van der Waals surface area contributed by atoms with Crippen molar-refractivity contribution >= 4 is 33.7 Å². The van der Waals surface area contributed by atoms with E-state index in [1.807, 2.05) is 216 Å². The quantitative estimate of drug-likeness (QED) is 0.174. The topological polar surface area (TPSA) is 149 Å². The predicted molar refractivity (Wildman–Crippen MR) is 259 cm³/mol. The molecule has 5 rings (SSSR count). The molecule has 0 spiro atoms. The maximum Gasteiger partial charge on any atom is 0.136 e. The van der Waals surface area contributed by atoms with Crippen molar-refractivity contribution < 1.29 is 0 Å². The fourth-order valence-corrected chi connectivity index (χ4v) is 5.21. The Kier molecular flexibility index (Phi) is 29.9. The molecule has 0 saturated carbocycles. The minimum absolute atomic E-state index is 0.0605. The van der Waals surface area contributed by atoms with E-state index in [0.29, 0.717) is 21.6 Å². The second-order valence-electron chi connectivity index (χ2n) is 11.8.